The van der Waals surface area contributed by atoms with Gasteiger partial charge in [0.1, 0.15) is 0 Å². The van der Waals surface area contributed by atoms with Crippen molar-refractivity contribution in [2.24, 2.45) is 0 Å². The van der Waals surface area contributed by atoms with Crippen molar-refractivity contribution >= 4 is 5.91 Å². The van der Waals surface area contributed by atoms with Crippen molar-refractivity contribution in [2.75, 3.05) is 6.54 Å². The van der Waals surface area contributed by atoms with Crippen LogP contribution in [0.5, 0.6) is 0 Å². The van der Waals surface area contributed by atoms with E-state index in [1.54, 1.807) is 24.3 Å². The molecule has 2 aromatic rings. The molecular weight excluding hydrogens is 300 g/mol. The van der Waals surface area contributed by atoms with Crippen molar-refractivity contribution in [3.8, 4) is 6.07 Å². The Bertz CT molecular complexity index is 752. The minimum atomic E-state index is -0.587. The molecule has 4 heteroatoms. The average Bonchev–Trinajstić information content (AvgIpc) is 3.09. The van der Waals surface area contributed by atoms with Gasteiger partial charge in [0, 0.05) is 12.6 Å². The number of nitrogens with zero attached hydrogens (tertiary/aromatic N) is 2. The number of amides is 1. The van der Waals surface area contributed by atoms with Crippen LogP contribution in [0.3, 0.4) is 0 Å². The molecule has 1 fully saturated rings. The zero-order chi connectivity index (χ0) is 16.9. The van der Waals surface area contributed by atoms with E-state index in [2.05, 4.69) is 6.07 Å². The molecule has 1 N–H and O–H groups in total. The van der Waals surface area contributed by atoms with Crippen LogP contribution in [0.15, 0.2) is 54.6 Å². The predicted molar refractivity (Wildman–Crippen MR) is 91.2 cm³/mol. The van der Waals surface area contributed by atoms with Crippen LogP contribution < -0.4 is 0 Å². The first-order chi connectivity index (χ1) is 11.7. The lowest BCUT2D eigenvalue weighted by atomic mass is 9.99. The Balaban J connectivity index is 1.76. The number of hydrogen-bond donors (Lipinski definition) is 1. The summed E-state index contributed by atoms with van der Waals surface area (Å²) in [5.74, 6) is -0.116. The summed E-state index contributed by atoms with van der Waals surface area (Å²) in [5.41, 5.74) is 1.71. The summed E-state index contributed by atoms with van der Waals surface area (Å²) in [4.78, 5) is 14.7. The van der Waals surface area contributed by atoms with Gasteiger partial charge in [-0.1, -0.05) is 42.5 Å². The van der Waals surface area contributed by atoms with Crippen LogP contribution in [-0.4, -0.2) is 28.5 Å². The number of likely N-dealkylation sites (tertiary alicyclic amines) is 1. The molecule has 4 nitrogen and oxygen atoms in total. The molecule has 1 saturated heterocycles. The van der Waals surface area contributed by atoms with Gasteiger partial charge in [0.25, 0.3) is 5.91 Å². The molecule has 2 atom stereocenters. The minimum Gasteiger partial charge on any atom is -0.388 e. The smallest absolute Gasteiger partial charge is 0.255 e. The zero-order valence-electron chi connectivity index (χ0n) is 13.4. The van der Waals surface area contributed by atoms with Gasteiger partial charge in [-0.2, -0.15) is 5.26 Å². The molecule has 2 aromatic carbocycles. The van der Waals surface area contributed by atoms with Crippen molar-refractivity contribution in [1.29, 1.82) is 5.26 Å². The van der Waals surface area contributed by atoms with E-state index in [1.807, 2.05) is 35.2 Å². The topological polar surface area (TPSA) is 64.3 Å². The third kappa shape index (κ3) is 3.32. The van der Waals surface area contributed by atoms with E-state index in [0.29, 0.717) is 24.1 Å². The average molecular weight is 320 g/mol. The molecule has 0 radical (unpaired) electrons. The number of carbonyl (C=O) groups excluding carboxylic acids is 1. The maximum Gasteiger partial charge on any atom is 0.255 e. The quantitative estimate of drug-likeness (QED) is 0.940. The summed E-state index contributed by atoms with van der Waals surface area (Å²) < 4.78 is 0. The second-order valence-corrected chi connectivity index (χ2v) is 6.11. The molecule has 0 aromatic heterocycles. The molecule has 1 amide bonds. The van der Waals surface area contributed by atoms with Gasteiger partial charge in [-0.15, -0.1) is 0 Å². The van der Waals surface area contributed by atoms with Crippen molar-refractivity contribution in [1.82, 2.24) is 4.90 Å². The van der Waals surface area contributed by atoms with Crippen molar-refractivity contribution in [2.45, 2.75) is 31.4 Å². The van der Waals surface area contributed by atoms with Crippen LogP contribution in [0, 0.1) is 11.3 Å². The van der Waals surface area contributed by atoms with Crippen molar-refractivity contribution in [3.05, 3.63) is 71.3 Å². The van der Waals surface area contributed by atoms with E-state index in [-0.39, 0.29) is 11.9 Å². The van der Waals surface area contributed by atoms with E-state index >= 15 is 0 Å². The minimum absolute atomic E-state index is 0.000505. The van der Waals surface area contributed by atoms with Crippen LogP contribution >= 0.6 is 0 Å². The van der Waals surface area contributed by atoms with Crippen molar-refractivity contribution in [3.63, 3.8) is 0 Å². The molecule has 0 bridgehead atoms. The summed E-state index contributed by atoms with van der Waals surface area (Å²) in [6.45, 7) is 0.671. The normalized spacial score (nSPS) is 18.2. The van der Waals surface area contributed by atoms with Crippen molar-refractivity contribution < 1.29 is 9.90 Å². The fourth-order valence-electron chi connectivity index (χ4n) is 3.34. The molecule has 24 heavy (non-hydrogen) atoms. The van der Waals surface area contributed by atoms with Crippen LogP contribution in [0.4, 0.5) is 0 Å². The predicted octanol–water partition coefficient (Wildman–Crippen LogP) is 3.29. The summed E-state index contributed by atoms with van der Waals surface area (Å²) in [7, 11) is 0. The molecule has 1 aliphatic heterocycles. The maximum atomic E-state index is 12.8. The number of carbonyl (C=O) groups is 1. The Hall–Kier alpha value is -2.64. The molecule has 1 heterocycles. The SMILES string of the molecule is N#Cc1ccccc1C(=O)N1CCCC1CC(O)c1ccccc1. The molecule has 0 aliphatic carbocycles. The summed E-state index contributed by atoms with van der Waals surface area (Å²) in [6.07, 6.45) is 1.73. The van der Waals surface area contributed by atoms with Crippen LogP contribution in [0.1, 0.15) is 46.9 Å². The first kappa shape index (κ1) is 16.2. The highest BCUT2D eigenvalue weighted by molar-refractivity contribution is 5.97. The standard InChI is InChI=1S/C20H20N2O2/c21-14-16-9-4-5-11-18(16)20(24)22-12-6-10-17(22)13-19(23)15-7-2-1-3-8-15/h1-5,7-9,11,17,19,23H,6,10,12-13H2. The first-order valence-corrected chi connectivity index (χ1v) is 8.24. The van der Waals surface area contributed by atoms with Gasteiger partial charge in [0.2, 0.25) is 0 Å². The monoisotopic (exact) mass is 320 g/mol. The zero-order valence-corrected chi connectivity index (χ0v) is 13.4. The van der Waals surface area contributed by atoms with E-state index in [0.717, 1.165) is 18.4 Å². The van der Waals surface area contributed by atoms with E-state index in [1.165, 1.54) is 0 Å². The van der Waals surface area contributed by atoms with Gasteiger partial charge in [-0.05, 0) is 37.0 Å². The fourth-order valence-corrected chi connectivity index (χ4v) is 3.34. The Morgan fingerprint density at radius 1 is 1.21 bits per heavy atom. The lowest BCUT2D eigenvalue weighted by Gasteiger charge is -2.27. The Labute approximate surface area is 142 Å². The number of nitriles is 1. The largest absolute Gasteiger partial charge is 0.388 e. The van der Waals surface area contributed by atoms with E-state index in [4.69, 9.17) is 0 Å². The van der Waals surface area contributed by atoms with Crippen LogP contribution in [0.25, 0.3) is 0 Å². The van der Waals surface area contributed by atoms with Gasteiger partial charge in [0.05, 0.1) is 23.3 Å². The van der Waals surface area contributed by atoms with Gasteiger partial charge < -0.3 is 10.0 Å². The number of aliphatic hydroxyl groups excluding tert-OH is 1. The third-order valence-corrected chi connectivity index (χ3v) is 4.60. The molecule has 3 rings (SSSR count). The molecule has 2 unspecified atom stereocenters. The lowest BCUT2D eigenvalue weighted by Crippen LogP contribution is -2.36. The van der Waals surface area contributed by atoms with E-state index in [9.17, 15) is 15.2 Å². The molecule has 0 saturated carbocycles. The highest BCUT2D eigenvalue weighted by Crippen LogP contribution is 2.29. The molecule has 122 valence electrons. The molecular formula is C20H20N2O2. The molecule has 0 spiro atoms. The van der Waals surface area contributed by atoms with Crippen LogP contribution in [0.2, 0.25) is 0 Å². The Morgan fingerprint density at radius 2 is 1.92 bits per heavy atom. The third-order valence-electron chi connectivity index (χ3n) is 4.60. The van der Waals surface area contributed by atoms with E-state index < -0.39 is 6.10 Å². The number of benzene rings is 2. The van der Waals surface area contributed by atoms with Gasteiger partial charge in [-0.25, -0.2) is 0 Å². The highest BCUT2D eigenvalue weighted by Gasteiger charge is 2.32. The fraction of sp³-hybridized carbons (Fsp3) is 0.300. The highest BCUT2D eigenvalue weighted by atomic mass is 16.3. The van der Waals surface area contributed by atoms with Gasteiger partial charge in [0.15, 0.2) is 0 Å². The van der Waals surface area contributed by atoms with Gasteiger partial charge in [-0.3, -0.25) is 4.79 Å². The lowest BCUT2D eigenvalue weighted by molar-refractivity contribution is 0.0667. The maximum absolute atomic E-state index is 12.8. The summed E-state index contributed by atoms with van der Waals surface area (Å²) in [6, 6.07) is 18.5. The molecule has 1 aliphatic rings. The van der Waals surface area contributed by atoms with Crippen LogP contribution in [-0.2, 0) is 0 Å². The summed E-state index contributed by atoms with van der Waals surface area (Å²) >= 11 is 0. The number of hydrogen-bond acceptors (Lipinski definition) is 3. The van der Waals surface area contributed by atoms with Gasteiger partial charge >= 0.3 is 0 Å². The Kier molecular flexibility index (Phi) is 4.93. The number of rotatable bonds is 4. The second-order valence-electron chi connectivity index (χ2n) is 6.11. The Morgan fingerprint density at radius 3 is 2.67 bits per heavy atom. The second kappa shape index (κ2) is 7.29. The first-order valence-electron chi connectivity index (χ1n) is 8.24. The summed E-state index contributed by atoms with van der Waals surface area (Å²) in [5, 5.41) is 19.7. The number of aliphatic hydroxyl groups is 1.